The van der Waals surface area contributed by atoms with Crippen LogP contribution < -0.4 is 9.62 Å². The third-order valence-electron chi connectivity index (χ3n) is 4.57. The zero-order valence-corrected chi connectivity index (χ0v) is 16.3. The molecule has 0 aromatic carbocycles. The number of piperidine rings is 1. The molecule has 0 aliphatic carbocycles. The molecule has 1 saturated heterocycles. The molecule has 26 heavy (non-hydrogen) atoms. The normalized spacial score (nSPS) is 15.1. The minimum Gasteiger partial charge on any atom is -0.356 e. The molecule has 3 heterocycles. The molecule has 1 N–H and O–H groups in total. The topological polar surface area (TPSA) is 88.1 Å². The molecule has 0 unspecified atom stereocenters. The third-order valence-corrected chi connectivity index (χ3v) is 5.16. The molecule has 0 spiro atoms. The van der Waals surface area contributed by atoms with E-state index in [0.29, 0.717) is 11.4 Å². The van der Waals surface area contributed by atoms with Gasteiger partial charge in [-0.05, 0) is 38.7 Å². The van der Waals surface area contributed by atoms with Crippen molar-refractivity contribution in [3.05, 3.63) is 30.0 Å². The van der Waals surface area contributed by atoms with Gasteiger partial charge in [0.25, 0.3) is 0 Å². The molecule has 1 aliphatic heterocycles. The molecule has 8 heteroatoms. The fraction of sp³-hybridized carbons (Fsp3) is 0.500. The molecule has 0 bridgehead atoms. The second-order valence-electron chi connectivity index (χ2n) is 6.65. The summed E-state index contributed by atoms with van der Waals surface area (Å²) in [5.74, 6) is 0.910. The summed E-state index contributed by atoms with van der Waals surface area (Å²) < 4.78 is 25.9. The highest BCUT2D eigenvalue weighted by Crippen LogP contribution is 2.34. The van der Waals surface area contributed by atoms with Gasteiger partial charge in [0.05, 0.1) is 23.3 Å². The number of hydrogen-bond donors (Lipinski definition) is 1. The molecule has 2 aromatic rings. The first-order valence-electron chi connectivity index (χ1n) is 8.92. The second-order valence-corrected chi connectivity index (χ2v) is 8.40. The minimum absolute atomic E-state index is 0.487. The maximum atomic E-state index is 11.7. The summed E-state index contributed by atoms with van der Waals surface area (Å²) in [6.07, 6.45) is 8.84. The van der Waals surface area contributed by atoms with Crippen molar-refractivity contribution in [3.63, 3.8) is 0 Å². The zero-order valence-electron chi connectivity index (χ0n) is 15.5. The number of nitrogens with one attached hydrogen (secondary N) is 1. The maximum Gasteiger partial charge on any atom is 0.229 e. The van der Waals surface area contributed by atoms with E-state index in [9.17, 15) is 8.42 Å². The van der Waals surface area contributed by atoms with Crippen LogP contribution >= 0.6 is 0 Å². The Hall–Kier alpha value is -2.22. The van der Waals surface area contributed by atoms with Gasteiger partial charge in [0.15, 0.2) is 0 Å². The summed E-state index contributed by atoms with van der Waals surface area (Å²) in [5, 5.41) is 0. The van der Waals surface area contributed by atoms with Crippen molar-refractivity contribution >= 4 is 21.5 Å². The van der Waals surface area contributed by atoms with Crippen LogP contribution in [0.5, 0.6) is 0 Å². The molecular formula is C18H25N5O2S. The van der Waals surface area contributed by atoms with Crippen LogP contribution in [0, 0.1) is 6.92 Å². The van der Waals surface area contributed by atoms with Crippen molar-refractivity contribution < 1.29 is 8.42 Å². The van der Waals surface area contributed by atoms with Gasteiger partial charge in [-0.25, -0.2) is 18.4 Å². The maximum absolute atomic E-state index is 11.7. The van der Waals surface area contributed by atoms with E-state index in [2.05, 4.69) is 31.5 Å². The Morgan fingerprint density at radius 2 is 1.88 bits per heavy atom. The Morgan fingerprint density at radius 1 is 1.15 bits per heavy atom. The molecular weight excluding hydrogens is 350 g/mol. The first kappa shape index (κ1) is 18.6. The standard InChI is InChI=1S/C18H25N5O2S/c1-4-15-17(18(21-12-20-15)23-8-6-5-7-9-23)14-10-16(13(2)19-11-14)22-26(3,24)25/h10-12,22H,4-9H2,1-3H3. The Kier molecular flexibility index (Phi) is 5.41. The minimum atomic E-state index is -3.38. The lowest BCUT2D eigenvalue weighted by molar-refractivity contribution is 0.573. The summed E-state index contributed by atoms with van der Waals surface area (Å²) in [6, 6.07) is 1.83. The zero-order chi connectivity index (χ0) is 18.7. The Labute approximate surface area is 154 Å². The predicted octanol–water partition coefficient (Wildman–Crippen LogP) is 2.77. The predicted molar refractivity (Wildman–Crippen MR) is 104 cm³/mol. The number of aromatic nitrogens is 3. The van der Waals surface area contributed by atoms with Crippen LogP contribution in [0.3, 0.4) is 0 Å². The molecule has 1 fully saturated rings. The van der Waals surface area contributed by atoms with Crippen LogP contribution in [0.1, 0.15) is 37.6 Å². The average molecular weight is 375 g/mol. The number of pyridine rings is 1. The summed E-state index contributed by atoms with van der Waals surface area (Å²) in [7, 11) is -3.38. The van der Waals surface area contributed by atoms with Crippen LogP contribution in [0.2, 0.25) is 0 Å². The van der Waals surface area contributed by atoms with E-state index in [1.807, 2.05) is 6.07 Å². The van der Waals surface area contributed by atoms with Crippen molar-refractivity contribution in [2.24, 2.45) is 0 Å². The number of anilines is 2. The first-order chi connectivity index (χ1) is 12.4. The van der Waals surface area contributed by atoms with Crippen molar-refractivity contribution in [3.8, 4) is 11.1 Å². The van der Waals surface area contributed by atoms with Crippen molar-refractivity contribution in [2.75, 3.05) is 29.0 Å². The Morgan fingerprint density at radius 3 is 2.54 bits per heavy atom. The van der Waals surface area contributed by atoms with E-state index in [0.717, 1.165) is 61.2 Å². The van der Waals surface area contributed by atoms with Crippen LogP contribution in [-0.4, -0.2) is 42.7 Å². The molecule has 3 rings (SSSR count). The van der Waals surface area contributed by atoms with E-state index in [1.54, 1.807) is 19.4 Å². The van der Waals surface area contributed by atoms with Crippen molar-refractivity contribution in [1.29, 1.82) is 0 Å². The molecule has 0 atom stereocenters. The van der Waals surface area contributed by atoms with E-state index < -0.39 is 10.0 Å². The van der Waals surface area contributed by atoms with Gasteiger partial charge >= 0.3 is 0 Å². The van der Waals surface area contributed by atoms with Crippen LogP contribution in [0.15, 0.2) is 18.6 Å². The highest BCUT2D eigenvalue weighted by molar-refractivity contribution is 7.92. The second kappa shape index (κ2) is 7.57. The number of nitrogens with zero attached hydrogens (tertiary/aromatic N) is 4. The largest absolute Gasteiger partial charge is 0.356 e. The fourth-order valence-electron chi connectivity index (χ4n) is 3.29. The summed E-state index contributed by atoms with van der Waals surface area (Å²) in [4.78, 5) is 15.7. The van der Waals surface area contributed by atoms with Crippen LogP contribution in [-0.2, 0) is 16.4 Å². The fourth-order valence-corrected chi connectivity index (χ4v) is 3.90. The van der Waals surface area contributed by atoms with Gasteiger partial charge in [0, 0.05) is 30.4 Å². The highest BCUT2D eigenvalue weighted by Gasteiger charge is 2.21. The lowest BCUT2D eigenvalue weighted by Gasteiger charge is -2.30. The Bertz CT molecular complexity index is 892. The van der Waals surface area contributed by atoms with E-state index >= 15 is 0 Å². The van der Waals surface area contributed by atoms with Gasteiger partial charge in [-0.3, -0.25) is 9.71 Å². The number of hydrogen-bond acceptors (Lipinski definition) is 6. The van der Waals surface area contributed by atoms with Gasteiger partial charge in [-0.2, -0.15) is 0 Å². The monoisotopic (exact) mass is 375 g/mol. The molecule has 1 aliphatic rings. The van der Waals surface area contributed by atoms with E-state index in [-0.39, 0.29) is 0 Å². The molecule has 2 aromatic heterocycles. The number of sulfonamides is 1. The third kappa shape index (κ3) is 4.12. The number of aryl methyl sites for hydroxylation is 2. The first-order valence-corrected chi connectivity index (χ1v) is 10.8. The summed E-state index contributed by atoms with van der Waals surface area (Å²) >= 11 is 0. The Balaban J connectivity index is 2.12. The van der Waals surface area contributed by atoms with Crippen LogP contribution in [0.25, 0.3) is 11.1 Å². The summed E-state index contributed by atoms with van der Waals surface area (Å²) in [6.45, 7) is 5.79. The van der Waals surface area contributed by atoms with Crippen LogP contribution in [0.4, 0.5) is 11.5 Å². The van der Waals surface area contributed by atoms with Crippen molar-refractivity contribution in [2.45, 2.75) is 39.5 Å². The lowest BCUT2D eigenvalue weighted by atomic mass is 10.0. The van der Waals surface area contributed by atoms with E-state index in [1.165, 1.54) is 6.42 Å². The van der Waals surface area contributed by atoms with E-state index in [4.69, 9.17) is 0 Å². The van der Waals surface area contributed by atoms with Gasteiger partial charge in [0.2, 0.25) is 10.0 Å². The van der Waals surface area contributed by atoms with Gasteiger partial charge in [0.1, 0.15) is 12.1 Å². The molecule has 140 valence electrons. The van der Waals surface area contributed by atoms with Gasteiger partial charge < -0.3 is 4.90 Å². The van der Waals surface area contributed by atoms with Crippen molar-refractivity contribution in [1.82, 2.24) is 15.0 Å². The lowest BCUT2D eigenvalue weighted by Crippen LogP contribution is -2.31. The smallest absolute Gasteiger partial charge is 0.229 e. The average Bonchev–Trinajstić information content (AvgIpc) is 2.62. The SMILES string of the molecule is CCc1ncnc(N2CCCCC2)c1-c1cnc(C)c(NS(C)(=O)=O)c1. The molecule has 0 amide bonds. The quantitative estimate of drug-likeness (QED) is 0.864. The van der Waals surface area contributed by atoms with Gasteiger partial charge in [-0.15, -0.1) is 0 Å². The summed E-state index contributed by atoms with van der Waals surface area (Å²) in [5.41, 5.74) is 3.84. The van der Waals surface area contributed by atoms with Gasteiger partial charge in [-0.1, -0.05) is 6.92 Å². The molecule has 7 nitrogen and oxygen atoms in total. The highest BCUT2D eigenvalue weighted by atomic mass is 32.2. The number of rotatable bonds is 5. The molecule has 0 radical (unpaired) electrons. The molecule has 0 saturated carbocycles.